The number of benzene rings is 1. The van der Waals surface area contributed by atoms with E-state index in [9.17, 15) is 18.0 Å². The van der Waals surface area contributed by atoms with Gasteiger partial charge in [0, 0.05) is 30.7 Å². The molecule has 0 fully saturated rings. The van der Waals surface area contributed by atoms with Gasteiger partial charge in [0.2, 0.25) is 11.9 Å². The molecule has 0 aliphatic rings. The Labute approximate surface area is 158 Å². The lowest BCUT2D eigenvalue weighted by atomic mass is 10.1. The maximum atomic E-state index is 12.3. The molecule has 0 spiro atoms. The van der Waals surface area contributed by atoms with Crippen LogP contribution in [0.2, 0.25) is 0 Å². The maximum absolute atomic E-state index is 12.3. The quantitative estimate of drug-likeness (QED) is 0.692. The molecule has 146 valence electrons. The normalized spacial score (nSPS) is 11.3. The van der Waals surface area contributed by atoms with Gasteiger partial charge in [-0.15, -0.1) is 0 Å². The molecule has 0 saturated heterocycles. The summed E-state index contributed by atoms with van der Waals surface area (Å²) < 4.78 is 38.6. The van der Waals surface area contributed by atoms with Gasteiger partial charge >= 0.3 is 6.18 Å². The van der Waals surface area contributed by atoms with Gasteiger partial charge < -0.3 is 10.6 Å². The van der Waals surface area contributed by atoms with Crippen LogP contribution in [0.5, 0.6) is 0 Å². The molecular formula is C18H17F3N6O. The van der Waals surface area contributed by atoms with Gasteiger partial charge in [0.05, 0.1) is 17.6 Å². The molecule has 0 saturated carbocycles. The number of carbonyl (C=O) groups excluding carboxylic acids is 1. The van der Waals surface area contributed by atoms with E-state index in [2.05, 4.69) is 25.7 Å². The monoisotopic (exact) mass is 390 g/mol. The number of alkyl halides is 3. The van der Waals surface area contributed by atoms with Gasteiger partial charge in [0.15, 0.2) is 0 Å². The Morgan fingerprint density at radius 3 is 2.68 bits per heavy atom. The van der Waals surface area contributed by atoms with Crippen molar-refractivity contribution in [3.8, 4) is 11.3 Å². The van der Waals surface area contributed by atoms with Gasteiger partial charge in [-0.1, -0.05) is 6.07 Å². The Morgan fingerprint density at radius 2 is 2.04 bits per heavy atom. The summed E-state index contributed by atoms with van der Waals surface area (Å²) in [6.45, 7) is 1.70. The third-order valence-corrected chi connectivity index (χ3v) is 3.77. The van der Waals surface area contributed by atoms with Crippen LogP contribution in [0.15, 0.2) is 42.9 Å². The summed E-state index contributed by atoms with van der Waals surface area (Å²) in [6.07, 6.45) is -1.06. The highest BCUT2D eigenvalue weighted by Crippen LogP contribution is 2.26. The number of aromatic nitrogens is 4. The topological polar surface area (TPSA) is 84.7 Å². The molecular weight excluding hydrogens is 373 g/mol. The molecule has 2 N–H and O–H groups in total. The first kappa shape index (κ1) is 19.3. The molecule has 28 heavy (non-hydrogen) atoms. The first-order valence-electron chi connectivity index (χ1n) is 8.26. The van der Waals surface area contributed by atoms with E-state index in [4.69, 9.17) is 0 Å². The van der Waals surface area contributed by atoms with E-state index < -0.39 is 18.5 Å². The number of rotatable bonds is 5. The summed E-state index contributed by atoms with van der Waals surface area (Å²) in [7, 11) is 1.79. The zero-order valence-corrected chi connectivity index (χ0v) is 15.1. The van der Waals surface area contributed by atoms with Crippen molar-refractivity contribution in [3.05, 3.63) is 48.4 Å². The van der Waals surface area contributed by atoms with Crippen molar-refractivity contribution < 1.29 is 18.0 Å². The van der Waals surface area contributed by atoms with Gasteiger partial charge in [-0.3, -0.25) is 9.48 Å². The lowest BCUT2D eigenvalue weighted by Gasteiger charge is -2.12. The summed E-state index contributed by atoms with van der Waals surface area (Å²) >= 11 is 0. The van der Waals surface area contributed by atoms with E-state index in [1.807, 2.05) is 0 Å². The van der Waals surface area contributed by atoms with Crippen molar-refractivity contribution in [1.82, 2.24) is 19.7 Å². The number of nitrogens with zero attached hydrogens (tertiary/aromatic N) is 4. The summed E-state index contributed by atoms with van der Waals surface area (Å²) in [4.78, 5) is 20.1. The van der Waals surface area contributed by atoms with Gasteiger partial charge in [0.25, 0.3) is 0 Å². The van der Waals surface area contributed by atoms with E-state index in [1.165, 1.54) is 0 Å². The Kier molecular flexibility index (Phi) is 5.30. The second kappa shape index (κ2) is 7.67. The van der Waals surface area contributed by atoms with Gasteiger partial charge in [-0.2, -0.15) is 18.3 Å². The minimum absolute atomic E-state index is 0.320. The van der Waals surface area contributed by atoms with Crippen LogP contribution >= 0.6 is 0 Å². The lowest BCUT2D eigenvalue weighted by Crippen LogP contribution is -2.21. The van der Waals surface area contributed by atoms with Crippen molar-refractivity contribution in [2.45, 2.75) is 19.5 Å². The molecule has 0 bridgehead atoms. The fourth-order valence-corrected chi connectivity index (χ4v) is 2.53. The first-order chi connectivity index (χ1) is 13.2. The van der Waals surface area contributed by atoms with Crippen molar-refractivity contribution in [2.24, 2.45) is 7.05 Å². The zero-order chi connectivity index (χ0) is 20.3. The van der Waals surface area contributed by atoms with Crippen molar-refractivity contribution in [2.75, 3.05) is 10.6 Å². The van der Waals surface area contributed by atoms with E-state index in [0.717, 1.165) is 11.3 Å². The molecule has 0 atom stereocenters. The van der Waals surface area contributed by atoms with Crippen molar-refractivity contribution in [3.63, 3.8) is 0 Å². The predicted octanol–water partition coefficient (Wildman–Crippen LogP) is 3.82. The molecule has 0 unspecified atom stereocenters. The SMILES string of the molecule is Cc1cc(-c2ccnc(Nc3cnn(C)c3)n2)ccc1NC(=O)CC(F)(F)F. The van der Waals surface area contributed by atoms with E-state index in [0.29, 0.717) is 22.9 Å². The number of amides is 1. The average Bonchev–Trinajstić information content (AvgIpc) is 3.00. The Balaban J connectivity index is 1.76. The Bertz CT molecular complexity index is 999. The number of nitrogens with one attached hydrogen (secondary N) is 2. The van der Waals surface area contributed by atoms with Gasteiger partial charge in [-0.25, -0.2) is 9.97 Å². The number of hydrogen-bond donors (Lipinski definition) is 2. The largest absolute Gasteiger partial charge is 0.397 e. The molecule has 3 aromatic rings. The second-order valence-corrected chi connectivity index (χ2v) is 6.16. The first-order valence-corrected chi connectivity index (χ1v) is 8.26. The van der Waals surface area contributed by atoms with Crippen molar-refractivity contribution >= 4 is 23.2 Å². The number of carbonyl (C=O) groups is 1. The fourth-order valence-electron chi connectivity index (χ4n) is 2.53. The molecule has 0 aliphatic heterocycles. The Morgan fingerprint density at radius 1 is 1.25 bits per heavy atom. The van der Waals surface area contributed by atoms with E-state index in [-0.39, 0.29) is 0 Å². The smallest absolute Gasteiger partial charge is 0.326 e. The van der Waals surface area contributed by atoms with Crippen LogP contribution in [0.3, 0.4) is 0 Å². The summed E-state index contributed by atoms with van der Waals surface area (Å²) in [6, 6.07) is 6.67. The minimum atomic E-state index is -4.55. The molecule has 0 aliphatic carbocycles. The van der Waals surface area contributed by atoms with Gasteiger partial charge in [-0.05, 0) is 30.7 Å². The van der Waals surface area contributed by atoms with Crippen LogP contribution < -0.4 is 10.6 Å². The van der Waals surface area contributed by atoms with Crippen LogP contribution in [0.1, 0.15) is 12.0 Å². The van der Waals surface area contributed by atoms with E-state index in [1.54, 1.807) is 61.5 Å². The number of halogens is 3. The number of aryl methyl sites for hydroxylation is 2. The predicted molar refractivity (Wildman–Crippen MR) is 98.0 cm³/mol. The zero-order valence-electron chi connectivity index (χ0n) is 15.1. The standard InChI is InChI=1S/C18H17F3N6O/c1-11-7-12(3-4-14(11)25-16(28)8-18(19,20)21)15-5-6-22-17(26-15)24-13-9-23-27(2)10-13/h3-7,9-10H,8H2,1-2H3,(H,25,28)(H,22,24,26). The van der Waals surface area contributed by atoms with Crippen LogP contribution in [0.4, 0.5) is 30.5 Å². The number of hydrogen-bond acceptors (Lipinski definition) is 5. The van der Waals surface area contributed by atoms with Crippen LogP contribution in [0.25, 0.3) is 11.3 Å². The summed E-state index contributed by atoms with van der Waals surface area (Å²) in [5.41, 5.74) is 3.04. The summed E-state index contributed by atoms with van der Waals surface area (Å²) in [5.74, 6) is -0.723. The molecule has 1 amide bonds. The molecule has 0 radical (unpaired) electrons. The van der Waals surface area contributed by atoms with Gasteiger partial charge in [0.1, 0.15) is 6.42 Å². The third-order valence-electron chi connectivity index (χ3n) is 3.77. The third kappa shape index (κ3) is 5.06. The van der Waals surface area contributed by atoms with Crippen LogP contribution in [-0.4, -0.2) is 31.8 Å². The fraction of sp³-hybridized carbons (Fsp3) is 0.222. The molecule has 3 rings (SSSR count). The minimum Gasteiger partial charge on any atom is -0.326 e. The molecule has 2 aromatic heterocycles. The Hall–Kier alpha value is -3.43. The molecule has 10 heteroatoms. The van der Waals surface area contributed by atoms with E-state index >= 15 is 0 Å². The highest BCUT2D eigenvalue weighted by molar-refractivity contribution is 5.92. The highest BCUT2D eigenvalue weighted by atomic mass is 19.4. The van der Waals surface area contributed by atoms with Crippen LogP contribution in [-0.2, 0) is 11.8 Å². The second-order valence-electron chi connectivity index (χ2n) is 6.16. The highest BCUT2D eigenvalue weighted by Gasteiger charge is 2.31. The maximum Gasteiger partial charge on any atom is 0.397 e. The lowest BCUT2D eigenvalue weighted by molar-refractivity contribution is -0.150. The average molecular weight is 390 g/mol. The molecule has 1 aromatic carbocycles. The summed E-state index contributed by atoms with van der Waals surface area (Å²) in [5, 5.41) is 9.37. The molecule has 2 heterocycles. The number of anilines is 3. The van der Waals surface area contributed by atoms with Crippen LogP contribution in [0, 0.1) is 6.92 Å². The molecule has 7 nitrogen and oxygen atoms in total. The van der Waals surface area contributed by atoms with Crippen molar-refractivity contribution in [1.29, 1.82) is 0 Å².